The second-order valence-corrected chi connectivity index (χ2v) is 5.75. The monoisotopic (exact) mass is 276 g/mol. The van der Waals surface area contributed by atoms with Gasteiger partial charge >= 0.3 is 0 Å². The maximum Gasteiger partial charge on any atom is 0.119 e. The van der Waals surface area contributed by atoms with Crippen molar-refractivity contribution in [3.8, 4) is 5.75 Å². The van der Waals surface area contributed by atoms with Crippen LogP contribution in [0.25, 0.3) is 0 Å². The first-order chi connectivity index (χ1) is 9.81. The predicted molar refractivity (Wildman–Crippen MR) is 79.2 cm³/mol. The fourth-order valence-corrected chi connectivity index (χ4v) is 2.84. The lowest BCUT2D eigenvalue weighted by Crippen LogP contribution is -2.35. The van der Waals surface area contributed by atoms with E-state index in [1.807, 2.05) is 0 Å². The second-order valence-electron chi connectivity index (χ2n) is 5.75. The number of nitrogens with zero attached hydrogens (tertiary/aromatic N) is 1. The van der Waals surface area contributed by atoms with Crippen LogP contribution in [0, 0.1) is 0 Å². The molecule has 4 nitrogen and oxygen atoms in total. The number of ether oxygens (including phenoxy) is 2. The van der Waals surface area contributed by atoms with Gasteiger partial charge in [0.05, 0.1) is 12.7 Å². The molecule has 1 atom stereocenters. The fraction of sp³-hybridized carbons (Fsp3) is 0.625. The van der Waals surface area contributed by atoms with E-state index in [4.69, 9.17) is 9.47 Å². The average molecular weight is 276 g/mol. The Hall–Kier alpha value is -1.10. The van der Waals surface area contributed by atoms with E-state index in [1.54, 1.807) is 0 Å². The number of hydrogen-bond donors (Lipinski definition) is 1. The van der Waals surface area contributed by atoms with Gasteiger partial charge in [0.15, 0.2) is 0 Å². The van der Waals surface area contributed by atoms with Crippen LogP contribution in [0.4, 0.5) is 0 Å². The lowest BCUT2D eigenvalue weighted by molar-refractivity contribution is 0.0276. The van der Waals surface area contributed by atoms with Gasteiger partial charge in [-0.2, -0.15) is 0 Å². The molecule has 2 heterocycles. The minimum Gasteiger partial charge on any atom is -0.490 e. The van der Waals surface area contributed by atoms with E-state index in [0.717, 1.165) is 51.4 Å². The molecule has 0 spiro atoms. The van der Waals surface area contributed by atoms with Crippen molar-refractivity contribution in [3.63, 3.8) is 0 Å². The lowest BCUT2D eigenvalue weighted by Gasteiger charge is -2.29. The molecule has 4 heteroatoms. The van der Waals surface area contributed by atoms with Crippen molar-refractivity contribution in [2.45, 2.75) is 25.0 Å². The SMILES string of the molecule is CN1CCC(Oc2ccc(C3CNCCO3)cc2)CC1. The first-order valence-electron chi connectivity index (χ1n) is 7.59. The molecule has 0 radical (unpaired) electrons. The Morgan fingerprint density at radius 3 is 2.60 bits per heavy atom. The van der Waals surface area contributed by atoms with Gasteiger partial charge in [-0.1, -0.05) is 12.1 Å². The molecule has 2 aliphatic rings. The van der Waals surface area contributed by atoms with Crippen LogP contribution in [0.15, 0.2) is 24.3 Å². The first kappa shape index (κ1) is 13.9. The smallest absolute Gasteiger partial charge is 0.119 e. The molecule has 2 fully saturated rings. The summed E-state index contributed by atoms with van der Waals surface area (Å²) in [6, 6.07) is 8.40. The van der Waals surface area contributed by atoms with E-state index >= 15 is 0 Å². The van der Waals surface area contributed by atoms with Crippen molar-refractivity contribution in [1.29, 1.82) is 0 Å². The van der Waals surface area contributed by atoms with E-state index in [9.17, 15) is 0 Å². The summed E-state index contributed by atoms with van der Waals surface area (Å²) < 4.78 is 11.8. The van der Waals surface area contributed by atoms with E-state index in [-0.39, 0.29) is 6.10 Å². The summed E-state index contributed by atoms with van der Waals surface area (Å²) in [5.74, 6) is 0.979. The highest BCUT2D eigenvalue weighted by atomic mass is 16.5. The third-order valence-electron chi connectivity index (χ3n) is 4.15. The number of morpholine rings is 1. The van der Waals surface area contributed by atoms with Gasteiger partial charge in [-0.25, -0.2) is 0 Å². The van der Waals surface area contributed by atoms with Crippen LogP contribution < -0.4 is 10.1 Å². The standard InChI is InChI=1S/C16H24N2O2/c1-18-9-6-15(7-10-18)20-14-4-2-13(3-5-14)16-12-17-8-11-19-16/h2-5,15-17H,6-12H2,1H3. The van der Waals surface area contributed by atoms with Crippen molar-refractivity contribution in [3.05, 3.63) is 29.8 Å². The topological polar surface area (TPSA) is 33.7 Å². The molecule has 0 bridgehead atoms. The Morgan fingerprint density at radius 2 is 1.95 bits per heavy atom. The zero-order valence-electron chi connectivity index (χ0n) is 12.2. The summed E-state index contributed by atoms with van der Waals surface area (Å²) in [6.45, 7) is 4.90. The van der Waals surface area contributed by atoms with Gasteiger partial charge in [-0.3, -0.25) is 0 Å². The van der Waals surface area contributed by atoms with Gasteiger partial charge in [-0.15, -0.1) is 0 Å². The Balaban J connectivity index is 1.55. The third-order valence-corrected chi connectivity index (χ3v) is 4.15. The highest BCUT2D eigenvalue weighted by Gasteiger charge is 2.19. The molecule has 2 aliphatic heterocycles. The molecular formula is C16H24N2O2. The van der Waals surface area contributed by atoms with Crippen molar-refractivity contribution in [1.82, 2.24) is 10.2 Å². The van der Waals surface area contributed by atoms with Crippen molar-refractivity contribution < 1.29 is 9.47 Å². The minimum absolute atomic E-state index is 0.182. The van der Waals surface area contributed by atoms with Crippen LogP contribution in [0.2, 0.25) is 0 Å². The summed E-state index contributed by atoms with van der Waals surface area (Å²) in [5, 5.41) is 3.36. The van der Waals surface area contributed by atoms with Crippen LogP contribution in [-0.2, 0) is 4.74 Å². The number of piperidine rings is 1. The number of hydrogen-bond acceptors (Lipinski definition) is 4. The summed E-state index contributed by atoms with van der Waals surface area (Å²) in [6.07, 6.45) is 2.78. The first-order valence-corrected chi connectivity index (χ1v) is 7.59. The maximum absolute atomic E-state index is 6.06. The molecule has 1 unspecified atom stereocenters. The summed E-state index contributed by atoms with van der Waals surface area (Å²) in [5.41, 5.74) is 1.23. The maximum atomic E-state index is 6.06. The number of benzene rings is 1. The molecule has 1 aromatic carbocycles. The predicted octanol–water partition coefficient (Wildman–Crippen LogP) is 1.82. The van der Waals surface area contributed by atoms with Gasteiger partial charge in [0, 0.05) is 26.2 Å². The molecular weight excluding hydrogens is 252 g/mol. The van der Waals surface area contributed by atoms with Gasteiger partial charge < -0.3 is 19.7 Å². The average Bonchev–Trinajstić information content (AvgIpc) is 2.51. The van der Waals surface area contributed by atoms with Gasteiger partial charge in [0.2, 0.25) is 0 Å². The normalized spacial score (nSPS) is 25.6. The molecule has 0 amide bonds. The quantitative estimate of drug-likeness (QED) is 0.913. The van der Waals surface area contributed by atoms with Crippen molar-refractivity contribution in [2.24, 2.45) is 0 Å². The third kappa shape index (κ3) is 3.51. The zero-order valence-corrected chi connectivity index (χ0v) is 12.2. The number of nitrogens with one attached hydrogen (secondary N) is 1. The Morgan fingerprint density at radius 1 is 1.20 bits per heavy atom. The van der Waals surface area contributed by atoms with Crippen LogP contribution >= 0.6 is 0 Å². The highest BCUT2D eigenvalue weighted by molar-refractivity contribution is 5.29. The van der Waals surface area contributed by atoms with E-state index in [1.165, 1.54) is 5.56 Å². The van der Waals surface area contributed by atoms with Gasteiger partial charge in [0.1, 0.15) is 11.9 Å². The van der Waals surface area contributed by atoms with E-state index < -0.39 is 0 Å². The molecule has 3 rings (SSSR count). The van der Waals surface area contributed by atoms with E-state index in [0.29, 0.717) is 6.10 Å². The van der Waals surface area contributed by atoms with Crippen LogP contribution in [-0.4, -0.2) is 50.8 Å². The summed E-state index contributed by atoms with van der Waals surface area (Å²) in [4.78, 5) is 2.36. The molecule has 0 aliphatic carbocycles. The van der Waals surface area contributed by atoms with E-state index in [2.05, 4.69) is 41.5 Å². The summed E-state index contributed by atoms with van der Waals surface area (Å²) in [7, 11) is 2.17. The molecule has 20 heavy (non-hydrogen) atoms. The number of likely N-dealkylation sites (tertiary alicyclic amines) is 1. The van der Waals surface area contributed by atoms with Crippen molar-refractivity contribution in [2.75, 3.05) is 39.8 Å². The minimum atomic E-state index is 0.182. The summed E-state index contributed by atoms with van der Waals surface area (Å²) >= 11 is 0. The number of rotatable bonds is 3. The Bertz CT molecular complexity index is 407. The lowest BCUT2D eigenvalue weighted by atomic mass is 10.1. The van der Waals surface area contributed by atoms with Crippen LogP contribution in [0.1, 0.15) is 24.5 Å². The molecule has 2 saturated heterocycles. The highest BCUT2D eigenvalue weighted by Crippen LogP contribution is 2.23. The fourth-order valence-electron chi connectivity index (χ4n) is 2.84. The zero-order chi connectivity index (χ0) is 13.8. The Kier molecular flexibility index (Phi) is 4.55. The van der Waals surface area contributed by atoms with Gasteiger partial charge in [0.25, 0.3) is 0 Å². The second kappa shape index (κ2) is 6.57. The van der Waals surface area contributed by atoms with Crippen LogP contribution in [0.5, 0.6) is 5.75 Å². The molecule has 0 saturated carbocycles. The molecule has 1 N–H and O–H groups in total. The molecule has 0 aromatic heterocycles. The largest absolute Gasteiger partial charge is 0.490 e. The van der Waals surface area contributed by atoms with Crippen molar-refractivity contribution >= 4 is 0 Å². The van der Waals surface area contributed by atoms with Gasteiger partial charge in [-0.05, 0) is 37.6 Å². The molecule has 1 aromatic rings. The van der Waals surface area contributed by atoms with Crippen LogP contribution in [0.3, 0.4) is 0 Å². The Labute approximate surface area is 121 Å². The molecule has 110 valence electrons.